The van der Waals surface area contributed by atoms with Crippen molar-refractivity contribution in [3.05, 3.63) is 59.2 Å². The van der Waals surface area contributed by atoms with Gasteiger partial charge in [0.05, 0.1) is 0 Å². The van der Waals surface area contributed by atoms with Crippen LogP contribution in [0.4, 0.5) is 11.4 Å². The Labute approximate surface area is 203 Å². The van der Waals surface area contributed by atoms with Crippen molar-refractivity contribution in [1.82, 2.24) is 9.80 Å². The molecule has 0 aliphatic carbocycles. The summed E-state index contributed by atoms with van der Waals surface area (Å²) in [6.45, 7) is 6.56. The molecule has 5 rings (SSSR count). The zero-order chi connectivity index (χ0) is 23.5. The van der Waals surface area contributed by atoms with Gasteiger partial charge in [0.1, 0.15) is 0 Å². The summed E-state index contributed by atoms with van der Waals surface area (Å²) in [7, 11) is 2.17. The van der Waals surface area contributed by atoms with Crippen LogP contribution in [0.1, 0.15) is 53.6 Å². The normalized spacial score (nSPS) is 19.7. The van der Waals surface area contributed by atoms with Crippen molar-refractivity contribution in [2.75, 3.05) is 62.7 Å². The highest BCUT2D eigenvalue weighted by Gasteiger charge is 2.26. The Kier molecular flexibility index (Phi) is 6.86. The zero-order valence-electron chi connectivity index (χ0n) is 20.3. The van der Waals surface area contributed by atoms with Crippen molar-refractivity contribution in [2.24, 2.45) is 0 Å². The lowest BCUT2D eigenvalue weighted by Crippen LogP contribution is -2.44. The molecule has 3 fully saturated rings. The number of benzene rings is 2. The highest BCUT2D eigenvalue weighted by atomic mass is 16.2. The topological polar surface area (TPSA) is 47.1 Å². The number of nitrogens with zero attached hydrogens (tertiary/aromatic N) is 4. The second kappa shape index (κ2) is 10.2. The van der Waals surface area contributed by atoms with Gasteiger partial charge in [0.15, 0.2) is 0 Å². The number of para-hydroxylation sites is 1. The number of likely N-dealkylation sites (tertiary alicyclic amines) is 1. The van der Waals surface area contributed by atoms with Gasteiger partial charge in [-0.15, -0.1) is 0 Å². The number of carbonyl (C=O) groups is 2. The molecule has 3 heterocycles. The molecule has 0 bridgehead atoms. The number of piperidine rings is 1. The minimum Gasteiger partial charge on any atom is -0.369 e. The summed E-state index contributed by atoms with van der Waals surface area (Å²) >= 11 is 0. The lowest BCUT2D eigenvalue weighted by Gasteiger charge is -2.35. The lowest BCUT2D eigenvalue weighted by atomic mass is 9.95. The zero-order valence-corrected chi connectivity index (χ0v) is 20.3. The molecule has 0 radical (unpaired) electrons. The van der Waals surface area contributed by atoms with Crippen LogP contribution >= 0.6 is 0 Å². The first kappa shape index (κ1) is 22.9. The Morgan fingerprint density at radius 1 is 0.824 bits per heavy atom. The van der Waals surface area contributed by atoms with Crippen molar-refractivity contribution < 1.29 is 9.59 Å². The summed E-state index contributed by atoms with van der Waals surface area (Å²) < 4.78 is 0. The summed E-state index contributed by atoms with van der Waals surface area (Å²) in [4.78, 5) is 34.7. The van der Waals surface area contributed by atoms with Crippen LogP contribution in [0.2, 0.25) is 0 Å². The molecule has 0 unspecified atom stereocenters. The van der Waals surface area contributed by atoms with Crippen LogP contribution < -0.4 is 9.80 Å². The van der Waals surface area contributed by atoms with Gasteiger partial charge in [0.2, 0.25) is 5.91 Å². The first-order chi connectivity index (χ1) is 16.6. The predicted molar refractivity (Wildman–Crippen MR) is 137 cm³/mol. The Morgan fingerprint density at radius 2 is 1.59 bits per heavy atom. The van der Waals surface area contributed by atoms with Crippen LogP contribution in [0.15, 0.2) is 42.5 Å². The number of likely N-dealkylation sites (N-methyl/N-ethyl adjacent to an activating group) is 1. The number of amides is 2. The predicted octanol–water partition coefficient (Wildman–Crippen LogP) is 3.78. The molecule has 2 amide bonds. The summed E-state index contributed by atoms with van der Waals surface area (Å²) in [5.41, 5.74) is 5.23. The second-order valence-electron chi connectivity index (χ2n) is 9.94. The largest absolute Gasteiger partial charge is 0.369 e. The van der Waals surface area contributed by atoms with E-state index in [0.29, 0.717) is 12.8 Å². The molecule has 6 nitrogen and oxygen atoms in total. The lowest BCUT2D eigenvalue weighted by molar-refractivity contribution is -0.117. The quantitative estimate of drug-likeness (QED) is 0.681. The summed E-state index contributed by atoms with van der Waals surface area (Å²) in [6, 6.07) is 14.6. The van der Waals surface area contributed by atoms with E-state index in [-0.39, 0.29) is 11.8 Å². The maximum absolute atomic E-state index is 13.6. The molecule has 180 valence electrons. The van der Waals surface area contributed by atoms with Crippen LogP contribution in [0.3, 0.4) is 0 Å². The monoisotopic (exact) mass is 460 g/mol. The van der Waals surface area contributed by atoms with E-state index in [1.807, 2.05) is 21.9 Å². The fourth-order valence-electron chi connectivity index (χ4n) is 5.51. The minimum absolute atomic E-state index is 0.131. The third-order valence-electron chi connectivity index (χ3n) is 7.56. The van der Waals surface area contributed by atoms with E-state index in [1.54, 1.807) is 0 Å². The van der Waals surface area contributed by atoms with Crippen molar-refractivity contribution in [3.63, 3.8) is 0 Å². The average Bonchev–Trinajstić information content (AvgIpc) is 3.31. The number of hydrogen-bond acceptors (Lipinski definition) is 4. The molecule has 0 spiro atoms. The van der Waals surface area contributed by atoms with E-state index >= 15 is 0 Å². The number of rotatable bonds is 5. The summed E-state index contributed by atoms with van der Waals surface area (Å²) in [5, 5.41) is 0. The van der Waals surface area contributed by atoms with Gasteiger partial charge in [0, 0.05) is 75.6 Å². The number of carbonyl (C=O) groups excluding carboxylic acids is 2. The Balaban J connectivity index is 1.49. The minimum atomic E-state index is 0.131. The number of hydrogen-bond donors (Lipinski definition) is 0. The molecule has 3 saturated heterocycles. The molecule has 2 aromatic carbocycles. The summed E-state index contributed by atoms with van der Waals surface area (Å²) in [5.74, 6) is 0.310. The van der Waals surface area contributed by atoms with Crippen LogP contribution in [-0.4, -0.2) is 74.5 Å². The van der Waals surface area contributed by atoms with Crippen LogP contribution in [0.25, 0.3) is 0 Å². The van der Waals surface area contributed by atoms with E-state index in [1.165, 1.54) is 17.7 Å². The van der Waals surface area contributed by atoms with E-state index in [9.17, 15) is 9.59 Å². The third kappa shape index (κ3) is 4.83. The number of piperazine rings is 1. The van der Waals surface area contributed by atoms with Crippen molar-refractivity contribution in [3.8, 4) is 0 Å². The molecular formula is C28H36N4O2. The number of anilines is 2. The molecular weight excluding hydrogens is 424 g/mol. The van der Waals surface area contributed by atoms with E-state index < -0.39 is 0 Å². The SMILES string of the molecule is CN1CCN(c2ccccc2Cc2cc(N3CCCC3=O)ccc2C(=O)N2CCCCC2)CC1. The van der Waals surface area contributed by atoms with E-state index in [0.717, 1.165) is 81.9 Å². The highest BCUT2D eigenvalue weighted by Crippen LogP contribution is 2.30. The maximum Gasteiger partial charge on any atom is 0.254 e. The van der Waals surface area contributed by atoms with Crippen molar-refractivity contribution in [1.29, 1.82) is 0 Å². The fraction of sp³-hybridized carbons (Fsp3) is 0.500. The molecule has 0 N–H and O–H groups in total. The molecule has 3 aliphatic heterocycles. The first-order valence-corrected chi connectivity index (χ1v) is 12.8. The molecule has 2 aromatic rings. The average molecular weight is 461 g/mol. The fourth-order valence-corrected chi connectivity index (χ4v) is 5.51. The van der Waals surface area contributed by atoms with Crippen LogP contribution in [-0.2, 0) is 11.2 Å². The van der Waals surface area contributed by atoms with Gasteiger partial charge >= 0.3 is 0 Å². The third-order valence-corrected chi connectivity index (χ3v) is 7.56. The van der Waals surface area contributed by atoms with Crippen LogP contribution in [0, 0.1) is 0 Å². The molecule has 34 heavy (non-hydrogen) atoms. The molecule has 3 aliphatic rings. The van der Waals surface area contributed by atoms with Gasteiger partial charge in [0.25, 0.3) is 5.91 Å². The standard InChI is InChI=1S/C28H36N4O2/c1-29-16-18-30(19-17-29)26-9-4-3-8-22(26)20-23-21-24(32-15-7-10-27(32)33)11-12-25(23)28(34)31-13-5-2-6-14-31/h3-4,8-9,11-12,21H,2,5-7,10,13-20H2,1H3. The molecule has 6 heteroatoms. The van der Waals surface area contributed by atoms with Gasteiger partial charge in [-0.25, -0.2) is 0 Å². The molecule has 0 aromatic heterocycles. The van der Waals surface area contributed by atoms with Crippen LogP contribution in [0.5, 0.6) is 0 Å². The van der Waals surface area contributed by atoms with Gasteiger partial charge in [-0.05, 0) is 68.1 Å². The highest BCUT2D eigenvalue weighted by molar-refractivity contribution is 5.99. The van der Waals surface area contributed by atoms with E-state index in [2.05, 4.69) is 47.2 Å². The first-order valence-electron chi connectivity index (χ1n) is 12.8. The Bertz CT molecular complexity index is 1040. The van der Waals surface area contributed by atoms with Gasteiger partial charge in [-0.3, -0.25) is 9.59 Å². The smallest absolute Gasteiger partial charge is 0.254 e. The summed E-state index contributed by atoms with van der Waals surface area (Å²) in [6.07, 6.45) is 5.55. The van der Waals surface area contributed by atoms with Gasteiger partial charge in [-0.1, -0.05) is 18.2 Å². The van der Waals surface area contributed by atoms with Gasteiger partial charge < -0.3 is 19.6 Å². The van der Waals surface area contributed by atoms with Gasteiger partial charge in [-0.2, -0.15) is 0 Å². The van der Waals surface area contributed by atoms with Crippen molar-refractivity contribution in [2.45, 2.75) is 38.5 Å². The Hall–Kier alpha value is -2.86. The molecule has 0 atom stereocenters. The van der Waals surface area contributed by atoms with E-state index in [4.69, 9.17) is 0 Å². The Morgan fingerprint density at radius 3 is 2.32 bits per heavy atom. The molecule has 0 saturated carbocycles. The second-order valence-corrected chi connectivity index (χ2v) is 9.94. The van der Waals surface area contributed by atoms with Crippen molar-refractivity contribution >= 4 is 23.2 Å². The maximum atomic E-state index is 13.6.